The fourth-order valence-corrected chi connectivity index (χ4v) is 3.73. The van der Waals surface area contributed by atoms with E-state index >= 15 is 0 Å². The van der Waals surface area contributed by atoms with Crippen molar-refractivity contribution in [3.8, 4) is 0 Å². The molecule has 0 aliphatic carbocycles. The molecule has 1 amide bonds. The number of aliphatic imine (C=N–C) groups is 1. The monoisotopic (exact) mass is 366 g/mol. The lowest BCUT2D eigenvalue weighted by molar-refractivity contribution is -0.133. The molecule has 0 bridgehead atoms. The Labute approximate surface area is 159 Å². The van der Waals surface area contributed by atoms with Crippen molar-refractivity contribution in [3.63, 3.8) is 0 Å². The van der Waals surface area contributed by atoms with E-state index in [0.717, 1.165) is 64.7 Å². The van der Waals surface area contributed by atoms with Crippen LogP contribution >= 0.6 is 0 Å². The Morgan fingerprint density at radius 2 is 1.85 bits per heavy atom. The summed E-state index contributed by atoms with van der Waals surface area (Å²) in [6, 6.07) is 0.766. The van der Waals surface area contributed by atoms with E-state index in [1.807, 2.05) is 25.8 Å². The van der Waals surface area contributed by atoms with Gasteiger partial charge >= 0.3 is 0 Å². The summed E-state index contributed by atoms with van der Waals surface area (Å²) in [7, 11) is 1.81. The topological polar surface area (TPSA) is 63.2 Å². The van der Waals surface area contributed by atoms with Crippen LogP contribution in [0.4, 0.5) is 0 Å². The van der Waals surface area contributed by atoms with E-state index in [9.17, 15) is 4.79 Å². The van der Waals surface area contributed by atoms with E-state index in [1.165, 1.54) is 0 Å². The molecule has 0 aromatic rings. The molecule has 2 N–H and O–H groups in total. The van der Waals surface area contributed by atoms with Crippen LogP contribution in [0.15, 0.2) is 4.99 Å². The highest BCUT2D eigenvalue weighted by molar-refractivity contribution is 5.81. The number of hydrogen-bond donors (Lipinski definition) is 2. The predicted molar refractivity (Wildman–Crippen MR) is 107 cm³/mol. The van der Waals surface area contributed by atoms with E-state index in [2.05, 4.69) is 39.3 Å². The number of amides is 1. The van der Waals surface area contributed by atoms with Gasteiger partial charge in [0.1, 0.15) is 0 Å². The van der Waals surface area contributed by atoms with E-state index < -0.39 is 0 Å². The van der Waals surface area contributed by atoms with Crippen molar-refractivity contribution >= 4 is 11.9 Å². The highest BCUT2D eigenvalue weighted by atomic mass is 16.2. The third-order valence-corrected chi connectivity index (χ3v) is 5.60. The first-order chi connectivity index (χ1) is 12.4. The third-order valence-electron chi connectivity index (χ3n) is 5.60. The molecular formula is C19H38N6O. The van der Waals surface area contributed by atoms with Gasteiger partial charge in [0.25, 0.3) is 0 Å². The summed E-state index contributed by atoms with van der Waals surface area (Å²) >= 11 is 0. The Morgan fingerprint density at radius 3 is 2.42 bits per heavy atom. The minimum atomic E-state index is 0.0696. The molecule has 2 unspecified atom stereocenters. The Bertz CT molecular complexity index is 473. The van der Waals surface area contributed by atoms with E-state index in [-0.39, 0.29) is 17.9 Å². The van der Waals surface area contributed by atoms with Crippen LogP contribution in [-0.4, -0.2) is 98.1 Å². The zero-order valence-corrected chi connectivity index (χ0v) is 17.3. The van der Waals surface area contributed by atoms with Crippen molar-refractivity contribution in [1.29, 1.82) is 0 Å². The fraction of sp³-hybridized carbons (Fsp3) is 0.895. The van der Waals surface area contributed by atoms with Crippen LogP contribution in [0, 0.1) is 5.92 Å². The SMILES string of the molecule is CCN1CCN(C(C)CNC(=NC)NC2CCN(C(=O)C(C)C)C2)CC1. The first-order valence-corrected chi connectivity index (χ1v) is 10.2. The van der Waals surface area contributed by atoms with E-state index in [0.29, 0.717) is 6.04 Å². The first kappa shape index (κ1) is 21.0. The molecule has 0 spiro atoms. The molecule has 0 aromatic heterocycles. The zero-order chi connectivity index (χ0) is 19.1. The standard InChI is InChI=1S/C19H38N6O/c1-6-23-9-11-24(12-10-23)16(4)13-21-19(20-5)22-17-7-8-25(14-17)18(26)15(2)3/h15-17H,6-14H2,1-5H3,(H2,20,21,22). The molecule has 0 radical (unpaired) electrons. The van der Waals surface area contributed by atoms with Crippen LogP contribution in [0.3, 0.4) is 0 Å². The lowest BCUT2D eigenvalue weighted by Gasteiger charge is -2.37. The summed E-state index contributed by atoms with van der Waals surface area (Å²) in [6.45, 7) is 16.7. The second-order valence-corrected chi connectivity index (χ2v) is 7.84. The maximum absolute atomic E-state index is 12.1. The van der Waals surface area contributed by atoms with Gasteiger partial charge in [-0.25, -0.2) is 0 Å². The Morgan fingerprint density at radius 1 is 1.15 bits per heavy atom. The zero-order valence-electron chi connectivity index (χ0n) is 17.3. The normalized spacial score (nSPS) is 24.2. The maximum atomic E-state index is 12.1. The molecule has 0 saturated carbocycles. The number of piperazine rings is 1. The van der Waals surface area contributed by atoms with Gasteiger partial charge in [0, 0.05) is 70.9 Å². The predicted octanol–water partition coefficient (Wildman–Crippen LogP) is 0.434. The second kappa shape index (κ2) is 10.1. The van der Waals surface area contributed by atoms with Gasteiger partial charge in [0.05, 0.1) is 0 Å². The smallest absolute Gasteiger partial charge is 0.225 e. The van der Waals surface area contributed by atoms with Gasteiger partial charge < -0.3 is 20.4 Å². The summed E-state index contributed by atoms with van der Waals surface area (Å²) in [6.07, 6.45) is 0.980. The molecule has 2 saturated heterocycles. The lowest BCUT2D eigenvalue weighted by atomic mass is 10.2. The van der Waals surface area contributed by atoms with Crippen molar-refractivity contribution in [3.05, 3.63) is 0 Å². The van der Waals surface area contributed by atoms with Gasteiger partial charge in [-0.15, -0.1) is 0 Å². The maximum Gasteiger partial charge on any atom is 0.225 e. The Balaban J connectivity index is 1.72. The highest BCUT2D eigenvalue weighted by Gasteiger charge is 2.28. The number of guanidine groups is 1. The number of carbonyl (C=O) groups excluding carboxylic acids is 1. The number of nitrogens with one attached hydrogen (secondary N) is 2. The molecule has 2 heterocycles. The average molecular weight is 367 g/mol. The van der Waals surface area contributed by atoms with Crippen LogP contribution in [0.1, 0.15) is 34.1 Å². The Kier molecular flexibility index (Phi) is 8.15. The van der Waals surface area contributed by atoms with E-state index in [4.69, 9.17) is 0 Å². The summed E-state index contributed by atoms with van der Waals surface area (Å²) in [4.78, 5) is 23.5. The van der Waals surface area contributed by atoms with Crippen molar-refractivity contribution < 1.29 is 4.79 Å². The van der Waals surface area contributed by atoms with Crippen molar-refractivity contribution in [2.24, 2.45) is 10.9 Å². The minimum Gasteiger partial charge on any atom is -0.355 e. The lowest BCUT2D eigenvalue weighted by Crippen LogP contribution is -2.53. The number of carbonyl (C=O) groups is 1. The fourth-order valence-electron chi connectivity index (χ4n) is 3.73. The molecule has 2 fully saturated rings. The third kappa shape index (κ3) is 5.84. The molecule has 2 atom stereocenters. The summed E-state index contributed by atoms with van der Waals surface area (Å²) in [5, 5.41) is 6.95. The summed E-state index contributed by atoms with van der Waals surface area (Å²) in [5.41, 5.74) is 0. The molecule has 2 aliphatic rings. The van der Waals surface area contributed by atoms with Crippen LogP contribution in [0.25, 0.3) is 0 Å². The van der Waals surface area contributed by atoms with Crippen molar-refractivity contribution in [1.82, 2.24) is 25.3 Å². The van der Waals surface area contributed by atoms with Crippen molar-refractivity contribution in [2.45, 2.75) is 46.2 Å². The molecule has 0 aromatic carbocycles. The van der Waals surface area contributed by atoms with Gasteiger partial charge in [0.2, 0.25) is 5.91 Å². The molecule has 2 aliphatic heterocycles. The molecule has 26 heavy (non-hydrogen) atoms. The van der Waals surface area contributed by atoms with Gasteiger partial charge in [-0.2, -0.15) is 0 Å². The minimum absolute atomic E-state index is 0.0696. The molecule has 150 valence electrons. The quantitative estimate of drug-likeness (QED) is 0.527. The first-order valence-electron chi connectivity index (χ1n) is 10.2. The number of likely N-dealkylation sites (tertiary alicyclic amines) is 1. The highest BCUT2D eigenvalue weighted by Crippen LogP contribution is 2.12. The van der Waals surface area contributed by atoms with Gasteiger partial charge in [-0.05, 0) is 19.9 Å². The van der Waals surface area contributed by atoms with Crippen LogP contribution < -0.4 is 10.6 Å². The van der Waals surface area contributed by atoms with E-state index in [1.54, 1.807) is 0 Å². The van der Waals surface area contributed by atoms with Crippen LogP contribution in [0.5, 0.6) is 0 Å². The van der Waals surface area contributed by atoms with Crippen molar-refractivity contribution in [2.75, 3.05) is 59.4 Å². The second-order valence-electron chi connectivity index (χ2n) is 7.84. The molecular weight excluding hydrogens is 328 g/mol. The van der Waals surface area contributed by atoms with Gasteiger partial charge in [0.15, 0.2) is 5.96 Å². The summed E-state index contributed by atoms with van der Waals surface area (Å²) in [5.74, 6) is 1.16. The molecule has 7 nitrogen and oxygen atoms in total. The van der Waals surface area contributed by atoms with Crippen LogP contribution in [-0.2, 0) is 4.79 Å². The molecule has 2 rings (SSSR count). The number of likely N-dealkylation sites (N-methyl/N-ethyl adjacent to an activating group) is 1. The number of nitrogens with zero attached hydrogens (tertiary/aromatic N) is 4. The number of rotatable bonds is 6. The van der Waals surface area contributed by atoms with Gasteiger partial charge in [-0.3, -0.25) is 14.7 Å². The largest absolute Gasteiger partial charge is 0.355 e. The molecule has 7 heteroatoms. The van der Waals surface area contributed by atoms with Gasteiger partial charge in [-0.1, -0.05) is 20.8 Å². The number of hydrogen-bond acceptors (Lipinski definition) is 4. The van der Waals surface area contributed by atoms with Crippen LogP contribution in [0.2, 0.25) is 0 Å². The summed E-state index contributed by atoms with van der Waals surface area (Å²) < 4.78 is 0. The Hall–Kier alpha value is -1.34. The average Bonchev–Trinajstić information content (AvgIpc) is 3.12.